The first-order valence-corrected chi connectivity index (χ1v) is 17.2. The lowest BCUT2D eigenvalue weighted by Gasteiger charge is -2.16. The van der Waals surface area contributed by atoms with Gasteiger partial charge in [-0.1, -0.05) is 152 Å². The Hall–Kier alpha value is -6.91. The largest absolute Gasteiger partial charge is 0.307 e. The lowest BCUT2D eigenvalue weighted by molar-refractivity contribution is 1.17. The van der Waals surface area contributed by atoms with E-state index in [9.17, 15) is 0 Å². The summed E-state index contributed by atoms with van der Waals surface area (Å²) in [7, 11) is 0. The Morgan fingerprint density at radius 3 is 1.69 bits per heavy atom. The summed E-state index contributed by atoms with van der Waals surface area (Å²) >= 11 is 0. The number of pyridine rings is 1. The van der Waals surface area contributed by atoms with Gasteiger partial charge >= 0.3 is 0 Å². The molecule has 3 heterocycles. The number of hydrogen-bond acceptors (Lipinski definition) is 3. The van der Waals surface area contributed by atoms with Crippen molar-refractivity contribution in [3.05, 3.63) is 182 Å². The van der Waals surface area contributed by atoms with Crippen molar-refractivity contribution in [2.45, 2.75) is 0 Å². The Morgan fingerprint density at radius 1 is 0.392 bits per heavy atom. The van der Waals surface area contributed by atoms with Crippen molar-refractivity contribution in [2.24, 2.45) is 0 Å². The van der Waals surface area contributed by atoms with E-state index in [1.54, 1.807) is 0 Å². The van der Waals surface area contributed by atoms with Crippen LogP contribution in [0.2, 0.25) is 0 Å². The van der Waals surface area contributed by atoms with Gasteiger partial charge in [0.2, 0.25) is 0 Å². The number of benzene rings is 7. The molecule has 4 nitrogen and oxygen atoms in total. The fourth-order valence-electron chi connectivity index (χ4n) is 7.51. The molecule has 0 bridgehead atoms. The van der Waals surface area contributed by atoms with E-state index in [4.69, 9.17) is 15.0 Å². The third-order valence-electron chi connectivity index (χ3n) is 9.80. The van der Waals surface area contributed by atoms with Crippen LogP contribution >= 0.6 is 0 Å². The molecule has 0 N–H and O–H groups in total. The third kappa shape index (κ3) is 4.80. The monoisotopic (exact) mass is 650 g/mol. The van der Waals surface area contributed by atoms with Crippen LogP contribution in [-0.2, 0) is 0 Å². The number of fused-ring (bicyclic) bond motifs is 6. The smallest absolute Gasteiger partial charge is 0.160 e. The van der Waals surface area contributed by atoms with Gasteiger partial charge in [0.25, 0.3) is 0 Å². The first kappa shape index (κ1) is 29.0. The van der Waals surface area contributed by atoms with Crippen LogP contribution in [0, 0.1) is 0 Å². The number of rotatable bonds is 5. The zero-order chi connectivity index (χ0) is 33.7. The van der Waals surface area contributed by atoms with Crippen LogP contribution in [0.15, 0.2) is 182 Å². The quantitative estimate of drug-likeness (QED) is 0.186. The average molecular weight is 651 g/mol. The summed E-state index contributed by atoms with van der Waals surface area (Å²) in [6.07, 6.45) is 0. The molecule has 0 saturated heterocycles. The molecule has 0 radical (unpaired) electrons. The van der Waals surface area contributed by atoms with Gasteiger partial charge in [-0.15, -0.1) is 0 Å². The van der Waals surface area contributed by atoms with Gasteiger partial charge in [-0.3, -0.25) is 0 Å². The highest BCUT2D eigenvalue weighted by Crippen LogP contribution is 2.44. The zero-order valence-corrected chi connectivity index (χ0v) is 27.6. The first-order chi connectivity index (χ1) is 25.3. The van der Waals surface area contributed by atoms with Gasteiger partial charge in [-0.2, -0.15) is 0 Å². The predicted octanol–water partition coefficient (Wildman–Crippen LogP) is 11.9. The number of aromatic nitrogens is 4. The molecule has 0 spiro atoms. The van der Waals surface area contributed by atoms with Crippen LogP contribution in [0.1, 0.15) is 0 Å². The minimum Gasteiger partial charge on any atom is -0.307 e. The van der Waals surface area contributed by atoms with Crippen LogP contribution in [0.4, 0.5) is 0 Å². The van der Waals surface area contributed by atoms with Crippen LogP contribution in [0.25, 0.3) is 94.3 Å². The molecule has 10 aromatic rings. The van der Waals surface area contributed by atoms with Gasteiger partial charge in [0, 0.05) is 44.1 Å². The number of nitrogens with zero attached hydrogens (tertiary/aromatic N) is 4. The molecule has 0 aliphatic rings. The topological polar surface area (TPSA) is 43.6 Å². The van der Waals surface area contributed by atoms with Gasteiger partial charge in [-0.05, 0) is 41.1 Å². The molecule has 0 fully saturated rings. The summed E-state index contributed by atoms with van der Waals surface area (Å²) < 4.78 is 2.38. The van der Waals surface area contributed by atoms with E-state index in [0.717, 1.165) is 77.7 Å². The minimum absolute atomic E-state index is 0.699. The predicted molar refractivity (Wildman–Crippen MR) is 211 cm³/mol. The molecular formula is C47H30N4. The van der Waals surface area contributed by atoms with Crippen molar-refractivity contribution in [3.8, 4) is 50.8 Å². The molecule has 51 heavy (non-hydrogen) atoms. The van der Waals surface area contributed by atoms with E-state index in [0.29, 0.717) is 5.82 Å². The lowest BCUT2D eigenvalue weighted by atomic mass is 9.94. The lowest BCUT2D eigenvalue weighted by Crippen LogP contribution is -1.99. The van der Waals surface area contributed by atoms with Gasteiger partial charge in [-0.25, -0.2) is 15.0 Å². The van der Waals surface area contributed by atoms with E-state index in [1.165, 1.54) is 10.8 Å². The van der Waals surface area contributed by atoms with E-state index in [2.05, 4.69) is 162 Å². The molecule has 10 rings (SSSR count). The SMILES string of the molecule is c1ccc(-c2cc(-c3ccc(-c4nc5ccccc5c5c6ccccc6n(-c6ccccc6)c45)c4ccccc34)nc(-c3ccccc3)n2)cc1. The van der Waals surface area contributed by atoms with Crippen LogP contribution in [0.3, 0.4) is 0 Å². The maximum absolute atomic E-state index is 5.47. The van der Waals surface area contributed by atoms with E-state index >= 15 is 0 Å². The normalized spacial score (nSPS) is 11.5. The van der Waals surface area contributed by atoms with Gasteiger partial charge < -0.3 is 4.57 Å². The Bertz CT molecular complexity index is 2840. The van der Waals surface area contributed by atoms with Crippen LogP contribution in [0.5, 0.6) is 0 Å². The minimum atomic E-state index is 0.699. The van der Waals surface area contributed by atoms with Crippen molar-refractivity contribution in [3.63, 3.8) is 0 Å². The van der Waals surface area contributed by atoms with Crippen molar-refractivity contribution < 1.29 is 0 Å². The molecule has 0 atom stereocenters. The molecule has 3 aromatic heterocycles. The maximum atomic E-state index is 5.47. The average Bonchev–Trinajstić information content (AvgIpc) is 3.57. The molecule has 4 heteroatoms. The van der Waals surface area contributed by atoms with Gasteiger partial charge in [0.05, 0.1) is 33.6 Å². The second-order valence-corrected chi connectivity index (χ2v) is 12.8. The fraction of sp³-hybridized carbons (Fsp3) is 0. The second kappa shape index (κ2) is 11.9. The summed E-state index contributed by atoms with van der Waals surface area (Å²) in [6, 6.07) is 63.6. The molecule has 0 aliphatic heterocycles. The maximum Gasteiger partial charge on any atom is 0.160 e. The molecule has 0 saturated carbocycles. The number of para-hydroxylation sites is 3. The van der Waals surface area contributed by atoms with Gasteiger partial charge in [0.1, 0.15) is 0 Å². The summed E-state index contributed by atoms with van der Waals surface area (Å²) in [5, 5.41) is 5.78. The van der Waals surface area contributed by atoms with Crippen molar-refractivity contribution in [1.29, 1.82) is 0 Å². The van der Waals surface area contributed by atoms with E-state index in [1.807, 2.05) is 24.3 Å². The Morgan fingerprint density at radius 2 is 0.941 bits per heavy atom. The third-order valence-corrected chi connectivity index (χ3v) is 9.80. The molecule has 7 aromatic carbocycles. The first-order valence-electron chi connectivity index (χ1n) is 17.2. The molecule has 0 unspecified atom stereocenters. The molecule has 0 amide bonds. The van der Waals surface area contributed by atoms with Crippen LogP contribution < -0.4 is 0 Å². The number of hydrogen-bond donors (Lipinski definition) is 0. The van der Waals surface area contributed by atoms with Crippen LogP contribution in [-0.4, -0.2) is 19.5 Å². The highest BCUT2D eigenvalue weighted by molar-refractivity contribution is 6.24. The van der Waals surface area contributed by atoms with Crippen molar-refractivity contribution >= 4 is 43.5 Å². The Labute approximate surface area is 295 Å². The standard InChI is InChI=1S/C47H30N4/c1-4-16-31(17-5-1)41-30-42(50-47(49-41)32-18-6-2-7-19-32)36-28-29-37(35-23-11-10-22-34(35)36)45-46-44(38-24-12-14-26-40(38)48-45)39-25-13-15-27-43(39)51(46)33-20-8-3-9-21-33/h1-30H. The Balaban J connectivity index is 1.28. The summed E-state index contributed by atoms with van der Waals surface area (Å²) in [5.41, 5.74) is 11.2. The zero-order valence-electron chi connectivity index (χ0n) is 27.6. The summed E-state index contributed by atoms with van der Waals surface area (Å²) in [6.45, 7) is 0. The van der Waals surface area contributed by atoms with E-state index < -0.39 is 0 Å². The summed E-state index contributed by atoms with van der Waals surface area (Å²) in [4.78, 5) is 15.7. The van der Waals surface area contributed by atoms with Crippen molar-refractivity contribution in [2.75, 3.05) is 0 Å². The molecule has 238 valence electrons. The highest BCUT2D eigenvalue weighted by Gasteiger charge is 2.22. The Kier molecular flexibility index (Phi) is 6.78. The highest BCUT2D eigenvalue weighted by atomic mass is 15.0. The van der Waals surface area contributed by atoms with Crippen molar-refractivity contribution in [1.82, 2.24) is 19.5 Å². The molecular weight excluding hydrogens is 621 g/mol. The molecule has 0 aliphatic carbocycles. The van der Waals surface area contributed by atoms with E-state index in [-0.39, 0.29) is 0 Å². The van der Waals surface area contributed by atoms with Gasteiger partial charge in [0.15, 0.2) is 5.82 Å². The fourth-order valence-corrected chi connectivity index (χ4v) is 7.51. The second-order valence-electron chi connectivity index (χ2n) is 12.8. The summed E-state index contributed by atoms with van der Waals surface area (Å²) in [5.74, 6) is 0.699.